The van der Waals surface area contributed by atoms with Gasteiger partial charge >= 0.3 is 0 Å². The van der Waals surface area contributed by atoms with E-state index >= 15 is 0 Å². The van der Waals surface area contributed by atoms with Crippen LogP contribution in [0.4, 0.5) is 0 Å². The Morgan fingerprint density at radius 3 is 1.88 bits per heavy atom. The lowest BCUT2D eigenvalue weighted by Crippen LogP contribution is -2.55. The number of primary amides is 1. The van der Waals surface area contributed by atoms with Gasteiger partial charge in [0.05, 0.1) is 6.04 Å². The molecule has 2 atom stereocenters. The van der Waals surface area contributed by atoms with Crippen LogP contribution in [-0.4, -0.2) is 23.9 Å². The molecular weight excluding hydrogens is 206 g/mol. The minimum absolute atomic E-state index is 0.0476. The number of hydrogen-bond donors (Lipinski definition) is 3. The van der Waals surface area contributed by atoms with Gasteiger partial charge in [-0.2, -0.15) is 0 Å². The zero-order chi connectivity index (χ0) is 13.1. The third-order valence-corrected chi connectivity index (χ3v) is 2.49. The lowest BCUT2D eigenvalue weighted by atomic mass is 9.86. The Morgan fingerprint density at radius 2 is 1.62 bits per heavy atom. The quantitative estimate of drug-likeness (QED) is 0.632. The maximum Gasteiger partial charge on any atom is 0.240 e. The third kappa shape index (κ3) is 4.18. The van der Waals surface area contributed by atoms with E-state index in [4.69, 9.17) is 11.5 Å². The topological polar surface area (TPSA) is 98.2 Å². The molecule has 0 spiro atoms. The molecule has 0 aromatic carbocycles. The maximum atomic E-state index is 11.8. The van der Waals surface area contributed by atoms with Crippen LogP contribution in [-0.2, 0) is 9.59 Å². The van der Waals surface area contributed by atoms with Gasteiger partial charge in [-0.25, -0.2) is 0 Å². The lowest BCUT2D eigenvalue weighted by molar-refractivity contribution is -0.130. The molecule has 16 heavy (non-hydrogen) atoms. The van der Waals surface area contributed by atoms with Crippen LogP contribution in [0.5, 0.6) is 0 Å². The monoisotopic (exact) mass is 229 g/mol. The minimum atomic E-state index is -0.666. The Labute approximate surface area is 96.9 Å². The summed E-state index contributed by atoms with van der Waals surface area (Å²) in [6.07, 6.45) is 0. The number of hydrogen-bond acceptors (Lipinski definition) is 3. The molecule has 5 nitrogen and oxygen atoms in total. The van der Waals surface area contributed by atoms with Crippen molar-refractivity contribution in [3.63, 3.8) is 0 Å². The molecule has 0 saturated heterocycles. The standard InChI is InChI=1S/C11H23N3O2/c1-6(2)7(9(13)15)14-10(16)8(12)11(3,4)5/h6-8H,12H2,1-5H3,(H2,13,15)(H,14,16). The highest BCUT2D eigenvalue weighted by Crippen LogP contribution is 2.17. The Bertz CT molecular complexity index is 269. The molecule has 5 N–H and O–H groups in total. The van der Waals surface area contributed by atoms with E-state index in [2.05, 4.69) is 5.32 Å². The summed E-state index contributed by atoms with van der Waals surface area (Å²) in [6, 6.07) is -1.33. The highest BCUT2D eigenvalue weighted by molar-refractivity contribution is 5.89. The van der Waals surface area contributed by atoms with Gasteiger partial charge in [0, 0.05) is 0 Å². The number of carbonyl (C=O) groups excluding carboxylic acids is 2. The second-order valence-corrected chi connectivity index (χ2v) is 5.48. The van der Waals surface area contributed by atoms with E-state index in [1.165, 1.54) is 0 Å². The van der Waals surface area contributed by atoms with Gasteiger partial charge in [-0.05, 0) is 11.3 Å². The molecule has 0 fully saturated rings. The number of rotatable bonds is 4. The predicted molar refractivity (Wildman–Crippen MR) is 63.4 cm³/mol. The summed E-state index contributed by atoms with van der Waals surface area (Å²) in [5.74, 6) is -0.928. The highest BCUT2D eigenvalue weighted by atomic mass is 16.2. The zero-order valence-electron chi connectivity index (χ0n) is 10.7. The smallest absolute Gasteiger partial charge is 0.240 e. The fraction of sp³-hybridized carbons (Fsp3) is 0.818. The summed E-state index contributed by atoms with van der Waals surface area (Å²) >= 11 is 0. The Kier molecular flexibility index (Phi) is 4.93. The van der Waals surface area contributed by atoms with Crippen molar-refractivity contribution in [2.75, 3.05) is 0 Å². The summed E-state index contributed by atoms with van der Waals surface area (Å²) in [6.45, 7) is 9.24. The Hall–Kier alpha value is -1.10. The van der Waals surface area contributed by atoms with Gasteiger partial charge in [-0.3, -0.25) is 9.59 Å². The summed E-state index contributed by atoms with van der Waals surface area (Å²) < 4.78 is 0. The van der Waals surface area contributed by atoms with Gasteiger partial charge in [-0.15, -0.1) is 0 Å². The Balaban J connectivity index is 4.60. The first-order valence-corrected chi connectivity index (χ1v) is 5.42. The first-order chi connectivity index (χ1) is 7.07. The van der Waals surface area contributed by atoms with E-state index in [0.29, 0.717) is 0 Å². The number of amides is 2. The molecule has 5 heteroatoms. The number of carbonyl (C=O) groups is 2. The number of nitrogens with two attached hydrogens (primary N) is 2. The lowest BCUT2D eigenvalue weighted by Gasteiger charge is -2.28. The van der Waals surface area contributed by atoms with Crippen LogP contribution in [0.1, 0.15) is 34.6 Å². The summed E-state index contributed by atoms with van der Waals surface area (Å²) in [5, 5.41) is 2.58. The summed E-state index contributed by atoms with van der Waals surface area (Å²) in [5.41, 5.74) is 10.6. The molecule has 0 radical (unpaired) electrons. The van der Waals surface area contributed by atoms with Gasteiger partial charge in [-0.1, -0.05) is 34.6 Å². The van der Waals surface area contributed by atoms with Crippen LogP contribution >= 0.6 is 0 Å². The molecule has 0 rings (SSSR count). The molecule has 94 valence electrons. The predicted octanol–water partition coefficient (Wildman–Crippen LogP) is -0.0141. The van der Waals surface area contributed by atoms with Crippen molar-refractivity contribution in [1.29, 1.82) is 0 Å². The molecular formula is C11H23N3O2. The van der Waals surface area contributed by atoms with E-state index in [1.807, 2.05) is 34.6 Å². The van der Waals surface area contributed by atoms with Crippen molar-refractivity contribution in [1.82, 2.24) is 5.32 Å². The van der Waals surface area contributed by atoms with Gasteiger partial charge in [0.1, 0.15) is 6.04 Å². The van der Waals surface area contributed by atoms with Crippen LogP contribution < -0.4 is 16.8 Å². The molecule has 0 aliphatic carbocycles. The van der Waals surface area contributed by atoms with Gasteiger partial charge in [0.25, 0.3) is 0 Å². The van der Waals surface area contributed by atoms with Crippen molar-refractivity contribution in [3.8, 4) is 0 Å². The van der Waals surface area contributed by atoms with Crippen LogP contribution in [0.2, 0.25) is 0 Å². The largest absolute Gasteiger partial charge is 0.368 e. The SMILES string of the molecule is CC(C)C(NC(=O)C(N)C(C)(C)C)C(N)=O. The van der Waals surface area contributed by atoms with Crippen LogP contribution in [0, 0.1) is 11.3 Å². The van der Waals surface area contributed by atoms with Gasteiger partial charge in [0.15, 0.2) is 0 Å². The van der Waals surface area contributed by atoms with E-state index in [0.717, 1.165) is 0 Å². The van der Waals surface area contributed by atoms with Crippen molar-refractivity contribution < 1.29 is 9.59 Å². The summed E-state index contributed by atoms with van der Waals surface area (Å²) in [4.78, 5) is 22.9. The third-order valence-electron chi connectivity index (χ3n) is 2.49. The fourth-order valence-corrected chi connectivity index (χ4v) is 1.20. The van der Waals surface area contributed by atoms with Gasteiger partial charge < -0.3 is 16.8 Å². The van der Waals surface area contributed by atoms with Gasteiger partial charge in [0.2, 0.25) is 11.8 Å². The molecule has 0 bridgehead atoms. The molecule has 0 saturated carbocycles. The van der Waals surface area contributed by atoms with E-state index in [-0.39, 0.29) is 17.2 Å². The first-order valence-electron chi connectivity index (χ1n) is 5.42. The summed E-state index contributed by atoms with van der Waals surface area (Å²) in [7, 11) is 0. The molecule has 0 aromatic heterocycles. The molecule has 0 heterocycles. The molecule has 0 aromatic rings. The van der Waals surface area contributed by atoms with Crippen LogP contribution in [0.25, 0.3) is 0 Å². The normalized spacial score (nSPS) is 15.7. The maximum absolute atomic E-state index is 11.8. The number of nitrogens with one attached hydrogen (secondary N) is 1. The molecule has 2 unspecified atom stereocenters. The van der Waals surface area contributed by atoms with Crippen molar-refractivity contribution in [3.05, 3.63) is 0 Å². The van der Waals surface area contributed by atoms with Crippen LogP contribution in [0.15, 0.2) is 0 Å². The van der Waals surface area contributed by atoms with Crippen LogP contribution in [0.3, 0.4) is 0 Å². The van der Waals surface area contributed by atoms with Crippen molar-refractivity contribution >= 4 is 11.8 Å². The second kappa shape index (κ2) is 5.30. The fourth-order valence-electron chi connectivity index (χ4n) is 1.20. The van der Waals surface area contributed by atoms with Crippen molar-refractivity contribution in [2.24, 2.45) is 22.8 Å². The highest BCUT2D eigenvalue weighted by Gasteiger charge is 2.30. The Morgan fingerprint density at radius 1 is 1.19 bits per heavy atom. The molecule has 0 aliphatic heterocycles. The van der Waals surface area contributed by atoms with E-state index in [9.17, 15) is 9.59 Å². The second-order valence-electron chi connectivity index (χ2n) is 5.48. The average Bonchev–Trinajstić information content (AvgIpc) is 2.09. The zero-order valence-corrected chi connectivity index (χ0v) is 10.7. The van der Waals surface area contributed by atoms with E-state index in [1.54, 1.807) is 0 Å². The molecule has 0 aliphatic rings. The molecule has 2 amide bonds. The average molecular weight is 229 g/mol. The van der Waals surface area contributed by atoms with Crippen molar-refractivity contribution in [2.45, 2.75) is 46.7 Å². The minimum Gasteiger partial charge on any atom is -0.368 e. The van der Waals surface area contributed by atoms with E-state index < -0.39 is 18.0 Å². The first kappa shape index (κ1) is 14.9.